The normalized spacial score (nSPS) is 7.22. The second kappa shape index (κ2) is 49.6. The van der Waals surface area contributed by atoms with Crippen LogP contribution < -0.4 is 13.3 Å². The van der Waals surface area contributed by atoms with Crippen LogP contribution in [0.3, 0.4) is 0 Å². The van der Waals surface area contributed by atoms with E-state index in [0.717, 1.165) is 11.8 Å². The first-order valence-corrected chi connectivity index (χ1v) is 24.8. The van der Waals surface area contributed by atoms with Gasteiger partial charge in [-0.25, -0.2) is 0 Å². The maximum absolute atomic E-state index is 2.39. The van der Waals surface area contributed by atoms with E-state index in [2.05, 4.69) is 116 Å². The van der Waals surface area contributed by atoms with Crippen molar-refractivity contribution in [1.29, 1.82) is 0 Å². The van der Waals surface area contributed by atoms with Crippen molar-refractivity contribution in [2.75, 3.05) is 0 Å². The molecule has 6 heteroatoms. The van der Waals surface area contributed by atoms with Crippen molar-refractivity contribution < 1.29 is 13.3 Å². The fourth-order valence-corrected chi connectivity index (χ4v) is 0.577. The zero-order valence-corrected chi connectivity index (χ0v) is 26.0. The molecule has 0 aliphatic carbocycles. The van der Waals surface area contributed by atoms with Crippen LogP contribution in [-0.2, 0) is 0 Å². The SMILES string of the molecule is CC.CC(C)C.CCCC(C)C.I.II.I[I-]I. The molecule has 122 valence electrons. The summed E-state index contributed by atoms with van der Waals surface area (Å²) in [5.41, 5.74) is 0. The summed E-state index contributed by atoms with van der Waals surface area (Å²) >= 11 is 9.54. The van der Waals surface area contributed by atoms with E-state index in [9.17, 15) is 0 Å². The number of hydrogen-bond acceptors (Lipinski definition) is 0. The van der Waals surface area contributed by atoms with Gasteiger partial charge in [0.05, 0.1) is 0 Å². The van der Waals surface area contributed by atoms with Crippen LogP contribution >= 0.6 is 98.4 Å². The first-order valence-electron chi connectivity index (χ1n) is 5.93. The Kier molecular flexibility index (Phi) is 105. The predicted molar refractivity (Wildman–Crippen MR) is 133 cm³/mol. The molecule has 0 radical (unpaired) electrons. The molecule has 0 fully saturated rings. The molecule has 0 atom stereocenters. The summed E-state index contributed by atoms with van der Waals surface area (Å²) in [7, 11) is 0. The van der Waals surface area contributed by atoms with Crippen molar-refractivity contribution in [1.82, 2.24) is 0 Å². The van der Waals surface area contributed by atoms with Gasteiger partial charge >= 0.3 is 50.5 Å². The quantitative estimate of drug-likeness (QED) is 0.286. The van der Waals surface area contributed by atoms with Gasteiger partial charge in [0.2, 0.25) is 0 Å². The molecule has 0 bridgehead atoms. The van der Waals surface area contributed by atoms with Crippen LogP contribution in [0.5, 0.6) is 0 Å². The van der Waals surface area contributed by atoms with Crippen LogP contribution in [0, 0.1) is 11.8 Å². The number of halogens is 6. The van der Waals surface area contributed by atoms with Crippen LogP contribution in [0.2, 0.25) is 0 Å². The maximum atomic E-state index is 2.39. The number of rotatable bonds is 2. The monoisotopic (exact) mass is 937 g/mol. The van der Waals surface area contributed by atoms with E-state index in [1.807, 2.05) is 13.8 Å². The zero-order chi connectivity index (χ0) is 15.3. The molecule has 0 aromatic heterocycles. The van der Waals surface area contributed by atoms with E-state index in [0.29, 0.717) is 13.3 Å². The molecular formula is C12H31I6-. The van der Waals surface area contributed by atoms with Gasteiger partial charge in [-0.15, -0.1) is 24.0 Å². The predicted octanol–water partition coefficient (Wildman–Crippen LogP) is 6.30. The Bertz CT molecular complexity index is 66.8. The minimum absolute atomic E-state index is 0. The van der Waals surface area contributed by atoms with E-state index in [4.69, 9.17) is 0 Å². The molecule has 0 saturated heterocycles. The fraction of sp³-hybridized carbons (Fsp3) is 1.00. The summed E-state index contributed by atoms with van der Waals surface area (Å²) in [6.07, 6.45) is 2.71. The Hall–Kier alpha value is 4.38. The number of hydrogen-bond donors (Lipinski definition) is 0. The Morgan fingerprint density at radius 3 is 1.06 bits per heavy atom. The molecule has 0 aliphatic rings. The minimum atomic E-state index is 0. The van der Waals surface area contributed by atoms with E-state index < -0.39 is 0 Å². The van der Waals surface area contributed by atoms with Crippen molar-refractivity contribution in [3.05, 3.63) is 0 Å². The summed E-state index contributed by atoms with van der Waals surface area (Å²) in [4.78, 5) is 0. The summed E-state index contributed by atoms with van der Waals surface area (Å²) in [6.45, 7) is 17.2. The average Bonchev–Trinajstić information content (AvgIpc) is 2.24. The van der Waals surface area contributed by atoms with E-state index in [-0.39, 0.29) is 24.0 Å². The Morgan fingerprint density at radius 2 is 1.06 bits per heavy atom. The van der Waals surface area contributed by atoms with Crippen LogP contribution in [0.15, 0.2) is 0 Å². The average molecular weight is 937 g/mol. The third kappa shape index (κ3) is 141. The summed E-state index contributed by atoms with van der Waals surface area (Å²) in [5.74, 6) is 1.73. The van der Waals surface area contributed by atoms with Gasteiger partial charge in [-0.05, 0) is 11.8 Å². The molecular weight excluding hydrogens is 906 g/mol. The third-order valence-corrected chi connectivity index (χ3v) is 0.866. The van der Waals surface area contributed by atoms with Crippen LogP contribution in [-0.4, -0.2) is 0 Å². The molecule has 0 spiro atoms. The first-order chi connectivity index (χ1) is 7.92. The van der Waals surface area contributed by atoms with E-state index in [1.54, 1.807) is 0 Å². The summed E-state index contributed by atoms with van der Waals surface area (Å²) in [6, 6.07) is 0. The first kappa shape index (κ1) is 38.1. The molecule has 0 amide bonds. The van der Waals surface area contributed by atoms with Gasteiger partial charge in [-0.2, -0.15) is 0 Å². The van der Waals surface area contributed by atoms with Gasteiger partial charge < -0.3 is 0 Å². The molecule has 0 nitrogen and oxygen atoms in total. The van der Waals surface area contributed by atoms with Gasteiger partial charge in [0.1, 0.15) is 0 Å². The van der Waals surface area contributed by atoms with Crippen molar-refractivity contribution in [3.63, 3.8) is 0 Å². The molecule has 18 heavy (non-hydrogen) atoms. The standard InChI is InChI=1S/C6H14.C4H10.C2H6.I3.I2.HI/c1-4-5-6(2)3;1-4(2)3;1-2;1-3-2;1-2;/h6H,4-5H2,1-3H3;4H,1-3H3;1-2H3;;;1H/q;;;-1;;. The molecule has 0 unspecified atom stereocenters. The van der Waals surface area contributed by atoms with Crippen LogP contribution in [0.4, 0.5) is 0 Å². The molecule has 0 saturated carbocycles. The Balaban J connectivity index is -0.0000000267. The van der Waals surface area contributed by atoms with Crippen molar-refractivity contribution in [3.8, 4) is 0 Å². The summed E-state index contributed by atoms with van der Waals surface area (Å²) < 4.78 is 0. The van der Waals surface area contributed by atoms with E-state index >= 15 is 0 Å². The fourth-order valence-electron chi connectivity index (χ4n) is 0.577. The van der Waals surface area contributed by atoms with Gasteiger partial charge in [0, 0.05) is 37.2 Å². The molecule has 0 heterocycles. The Labute approximate surface area is 187 Å². The molecule has 0 N–H and O–H groups in total. The van der Waals surface area contributed by atoms with Gasteiger partial charge in [0.15, 0.2) is 0 Å². The van der Waals surface area contributed by atoms with Gasteiger partial charge in [0.25, 0.3) is 0 Å². The molecule has 0 aliphatic heterocycles. The van der Waals surface area contributed by atoms with Crippen molar-refractivity contribution in [2.24, 2.45) is 11.8 Å². The van der Waals surface area contributed by atoms with Gasteiger partial charge in [-0.3, -0.25) is 0 Å². The third-order valence-electron chi connectivity index (χ3n) is 0.866. The van der Waals surface area contributed by atoms with Crippen molar-refractivity contribution in [2.45, 2.75) is 68.2 Å². The second-order valence-corrected chi connectivity index (χ2v) is 20.2. The van der Waals surface area contributed by atoms with Crippen LogP contribution in [0.1, 0.15) is 68.2 Å². The summed E-state index contributed by atoms with van der Waals surface area (Å²) in [5, 5.41) is 0. The second-order valence-electron chi connectivity index (χ2n) is 3.97. The Morgan fingerprint density at radius 1 is 0.889 bits per heavy atom. The van der Waals surface area contributed by atoms with Crippen LogP contribution in [0.25, 0.3) is 0 Å². The topological polar surface area (TPSA) is 0 Å². The zero-order valence-electron chi connectivity index (χ0n) is 12.9. The molecule has 0 aromatic rings. The van der Waals surface area contributed by atoms with Gasteiger partial charge in [-0.1, -0.05) is 68.2 Å². The molecule has 0 aromatic carbocycles. The van der Waals surface area contributed by atoms with Crippen molar-refractivity contribution >= 4 is 98.4 Å². The van der Waals surface area contributed by atoms with E-state index in [1.165, 1.54) is 12.8 Å². The molecule has 0 rings (SSSR count).